The lowest BCUT2D eigenvalue weighted by Crippen LogP contribution is -2.18. The molecule has 0 amide bonds. The molecule has 0 saturated heterocycles. The molecule has 0 heteroatoms. The highest BCUT2D eigenvalue weighted by molar-refractivity contribution is 6.23. The van der Waals surface area contributed by atoms with Gasteiger partial charge in [0.1, 0.15) is 0 Å². The van der Waals surface area contributed by atoms with E-state index in [0.29, 0.717) is 0 Å². The first kappa shape index (κ1) is 31.3. The summed E-state index contributed by atoms with van der Waals surface area (Å²) in [5.41, 5.74) is 18.8. The Bertz CT molecular complexity index is 2980. The van der Waals surface area contributed by atoms with Crippen molar-refractivity contribution in [1.82, 2.24) is 0 Å². The Hall–Kier alpha value is -6.24. The predicted octanol–water partition coefficient (Wildman–Crippen LogP) is 14.8. The number of fused-ring (bicyclic) bond motifs is 10. The van der Waals surface area contributed by atoms with E-state index < -0.39 is 0 Å². The first-order chi connectivity index (χ1) is 26.3. The molecule has 0 aromatic heterocycles. The Morgan fingerprint density at radius 1 is 0.296 bits per heavy atom. The van der Waals surface area contributed by atoms with Crippen molar-refractivity contribution in [2.24, 2.45) is 0 Å². The van der Waals surface area contributed by atoms with Crippen LogP contribution in [0.2, 0.25) is 0 Å². The summed E-state index contributed by atoms with van der Waals surface area (Å²) in [4.78, 5) is 0. The lowest BCUT2D eigenvalue weighted by atomic mass is 9.75. The van der Waals surface area contributed by atoms with Gasteiger partial charge in [0.15, 0.2) is 0 Å². The van der Waals surface area contributed by atoms with Crippen LogP contribution in [0.4, 0.5) is 0 Å². The van der Waals surface area contributed by atoms with E-state index in [1.54, 1.807) is 0 Å². The quantitative estimate of drug-likeness (QED) is 0.162. The fourth-order valence-corrected chi connectivity index (χ4v) is 10.4. The molecule has 0 atom stereocenters. The minimum Gasteiger partial charge on any atom is -0.0619 e. The van der Waals surface area contributed by atoms with Gasteiger partial charge < -0.3 is 0 Å². The van der Waals surface area contributed by atoms with Crippen molar-refractivity contribution in [2.45, 2.75) is 38.5 Å². The number of rotatable bonds is 3. The number of hydrogen-bond donors (Lipinski definition) is 0. The predicted molar refractivity (Wildman–Crippen MR) is 230 cm³/mol. The van der Waals surface area contributed by atoms with Gasteiger partial charge in [-0.2, -0.15) is 0 Å². The first-order valence-electron chi connectivity index (χ1n) is 19.3. The largest absolute Gasteiger partial charge is 0.0619 e. The summed E-state index contributed by atoms with van der Waals surface area (Å²) in [6.07, 6.45) is 0. The molecule has 0 aliphatic heterocycles. The lowest BCUT2D eigenvalue weighted by Gasteiger charge is -2.27. The Labute approximate surface area is 317 Å². The van der Waals surface area contributed by atoms with Crippen molar-refractivity contribution in [3.8, 4) is 55.6 Å². The highest BCUT2D eigenvalue weighted by Crippen LogP contribution is 2.61. The van der Waals surface area contributed by atoms with Crippen LogP contribution in [0, 0.1) is 0 Å². The average Bonchev–Trinajstić information content (AvgIpc) is 3.59. The van der Waals surface area contributed by atoms with Crippen LogP contribution in [-0.4, -0.2) is 0 Å². The first-order valence-corrected chi connectivity index (χ1v) is 19.3. The summed E-state index contributed by atoms with van der Waals surface area (Å²) >= 11 is 0. The summed E-state index contributed by atoms with van der Waals surface area (Å²) in [6, 6.07) is 63.7. The topological polar surface area (TPSA) is 0 Å². The number of benzene rings is 9. The average molecular weight is 689 g/mol. The molecule has 0 fully saturated rings. The van der Waals surface area contributed by atoms with Gasteiger partial charge in [0, 0.05) is 10.8 Å². The molecule has 0 saturated carbocycles. The van der Waals surface area contributed by atoms with Crippen LogP contribution in [0.1, 0.15) is 49.9 Å². The maximum absolute atomic E-state index is 2.55. The Morgan fingerprint density at radius 3 is 1.46 bits per heavy atom. The van der Waals surface area contributed by atoms with E-state index in [-0.39, 0.29) is 10.8 Å². The van der Waals surface area contributed by atoms with Crippen molar-refractivity contribution in [3.63, 3.8) is 0 Å². The molecule has 9 aromatic carbocycles. The molecule has 0 unspecified atom stereocenters. The zero-order valence-corrected chi connectivity index (χ0v) is 31.2. The van der Waals surface area contributed by atoms with E-state index >= 15 is 0 Å². The van der Waals surface area contributed by atoms with Gasteiger partial charge in [0.25, 0.3) is 0 Å². The van der Waals surface area contributed by atoms with Crippen LogP contribution in [0.15, 0.2) is 170 Å². The van der Waals surface area contributed by atoms with Gasteiger partial charge in [0.05, 0.1) is 0 Å². The van der Waals surface area contributed by atoms with Gasteiger partial charge in [-0.1, -0.05) is 185 Å². The standard InChI is InChI=1S/C54H40/c1-53(2)45-29-13-12-27-43(45)51-47(53)32-44(50-42-26-11-14-30-46(42)54(3,4)52(50)51)34-19-15-20-35(31-34)48-38-22-7-9-24-40(38)49(41-25-10-8-23-39(41)48)37-28-16-18-33-17-5-6-21-36(33)37/h5-32H,1-4H3. The summed E-state index contributed by atoms with van der Waals surface area (Å²) in [6.45, 7) is 9.69. The van der Waals surface area contributed by atoms with Gasteiger partial charge >= 0.3 is 0 Å². The van der Waals surface area contributed by atoms with Crippen molar-refractivity contribution >= 4 is 32.3 Å². The monoisotopic (exact) mass is 688 g/mol. The molecule has 0 radical (unpaired) electrons. The molecular formula is C54H40. The van der Waals surface area contributed by atoms with E-state index in [2.05, 4.69) is 198 Å². The van der Waals surface area contributed by atoms with Gasteiger partial charge in [0.2, 0.25) is 0 Å². The van der Waals surface area contributed by atoms with Crippen molar-refractivity contribution in [1.29, 1.82) is 0 Å². The Kier molecular flexibility index (Phi) is 6.46. The Morgan fingerprint density at radius 2 is 0.778 bits per heavy atom. The highest BCUT2D eigenvalue weighted by Gasteiger charge is 2.45. The van der Waals surface area contributed by atoms with E-state index in [1.165, 1.54) is 110 Å². The van der Waals surface area contributed by atoms with E-state index in [4.69, 9.17) is 0 Å². The van der Waals surface area contributed by atoms with E-state index in [9.17, 15) is 0 Å². The molecule has 0 nitrogen and oxygen atoms in total. The molecule has 0 spiro atoms. The van der Waals surface area contributed by atoms with Gasteiger partial charge in [-0.05, 0) is 122 Å². The molecule has 2 aliphatic rings. The summed E-state index contributed by atoms with van der Waals surface area (Å²) in [7, 11) is 0. The summed E-state index contributed by atoms with van der Waals surface area (Å²) < 4.78 is 0. The van der Waals surface area contributed by atoms with E-state index in [0.717, 1.165) is 0 Å². The molecule has 0 bridgehead atoms. The second kappa shape index (κ2) is 11.1. The van der Waals surface area contributed by atoms with Crippen molar-refractivity contribution in [3.05, 3.63) is 192 Å². The van der Waals surface area contributed by atoms with E-state index in [1.807, 2.05) is 0 Å². The van der Waals surface area contributed by atoms with Crippen LogP contribution in [-0.2, 0) is 10.8 Å². The maximum Gasteiger partial charge on any atom is 0.0165 e. The van der Waals surface area contributed by atoms with Crippen LogP contribution in [0.5, 0.6) is 0 Å². The van der Waals surface area contributed by atoms with Crippen LogP contribution in [0.25, 0.3) is 88.0 Å². The lowest BCUT2D eigenvalue weighted by molar-refractivity contribution is 0.648. The number of hydrogen-bond acceptors (Lipinski definition) is 0. The highest BCUT2D eigenvalue weighted by atomic mass is 14.5. The molecule has 0 heterocycles. The third kappa shape index (κ3) is 4.14. The molecule has 11 rings (SSSR count). The summed E-state index contributed by atoms with van der Waals surface area (Å²) in [5.74, 6) is 0. The van der Waals surface area contributed by atoms with Gasteiger partial charge in [-0.25, -0.2) is 0 Å². The second-order valence-electron chi connectivity index (χ2n) is 16.4. The van der Waals surface area contributed by atoms with Crippen molar-refractivity contribution < 1.29 is 0 Å². The molecule has 0 N–H and O–H groups in total. The molecular weight excluding hydrogens is 649 g/mol. The second-order valence-corrected chi connectivity index (χ2v) is 16.4. The summed E-state index contributed by atoms with van der Waals surface area (Å²) in [5, 5.41) is 7.65. The van der Waals surface area contributed by atoms with Crippen LogP contribution >= 0.6 is 0 Å². The third-order valence-electron chi connectivity index (χ3n) is 12.8. The third-order valence-corrected chi connectivity index (χ3v) is 12.8. The van der Waals surface area contributed by atoms with Gasteiger partial charge in [-0.15, -0.1) is 0 Å². The molecule has 2 aliphatic carbocycles. The minimum atomic E-state index is -0.138. The zero-order valence-electron chi connectivity index (χ0n) is 31.2. The zero-order chi connectivity index (χ0) is 36.3. The molecule has 256 valence electrons. The SMILES string of the molecule is CC1(C)c2ccccc2-c2c1cc(-c1cccc(-c3c4ccccc4c(-c4cccc5ccccc45)c4ccccc34)c1)c1c2C(C)(C)c2ccccc2-1. The van der Waals surface area contributed by atoms with Crippen molar-refractivity contribution in [2.75, 3.05) is 0 Å². The van der Waals surface area contributed by atoms with Crippen LogP contribution in [0.3, 0.4) is 0 Å². The maximum atomic E-state index is 2.55. The minimum absolute atomic E-state index is 0.109. The fourth-order valence-electron chi connectivity index (χ4n) is 10.4. The van der Waals surface area contributed by atoms with Crippen LogP contribution < -0.4 is 0 Å². The smallest absolute Gasteiger partial charge is 0.0165 e. The molecule has 9 aromatic rings. The Balaban J connectivity index is 1.21. The fraction of sp³-hybridized carbons (Fsp3) is 0.111. The van der Waals surface area contributed by atoms with Gasteiger partial charge in [-0.3, -0.25) is 0 Å². The molecule has 54 heavy (non-hydrogen) atoms. The normalized spacial score (nSPS) is 14.6.